The molecule has 2 aromatic carbocycles. The third-order valence-corrected chi connectivity index (χ3v) is 4.42. The van der Waals surface area contributed by atoms with Crippen LogP contribution in [0.5, 0.6) is 5.75 Å². The number of para-hydroxylation sites is 1. The predicted octanol–water partition coefficient (Wildman–Crippen LogP) is 3.65. The van der Waals surface area contributed by atoms with Gasteiger partial charge >= 0.3 is 0 Å². The first-order chi connectivity index (χ1) is 11.8. The summed E-state index contributed by atoms with van der Waals surface area (Å²) in [6.45, 7) is 4.27. The fourth-order valence-corrected chi connectivity index (χ4v) is 3.00. The first-order valence-corrected chi connectivity index (χ1v) is 8.29. The minimum Gasteiger partial charge on any atom is -0.488 e. The van der Waals surface area contributed by atoms with Gasteiger partial charge in [-0.3, -0.25) is 5.10 Å². The van der Waals surface area contributed by atoms with Crippen molar-refractivity contribution in [3.63, 3.8) is 0 Å². The van der Waals surface area contributed by atoms with Crippen LogP contribution in [0.25, 0.3) is 10.9 Å². The Bertz CT molecular complexity index is 837. The minimum atomic E-state index is 0.165. The quantitative estimate of drug-likeness (QED) is 0.752. The number of nitrogens with zero attached hydrogens (tertiary/aromatic N) is 1. The number of ether oxygens (including phenoxy) is 2. The van der Waals surface area contributed by atoms with Gasteiger partial charge in [-0.05, 0) is 24.1 Å². The second kappa shape index (κ2) is 6.53. The van der Waals surface area contributed by atoms with E-state index in [0.717, 1.165) is 47.5 Å². The van der Waals surface area contributed by atoms with Crippen LogP contribution in [-0.2, 0) is 11.3 Å². The number of hydrogen-bond acceptors (Lipinski definition) is 4. The van der Waals surface area contributed by atoms with Crippen LogP contribution in [0.15, 0.2) is 42.6 Å². The van der Waals surface area contributed by atoms with Gasteiger partial charge in [-0.15, -0.1) is 0 Å². The molecule has 1 fully saturated rings. The largest absolute Gasteiger partial charge is 0.488 e. The lowest BCUT2D eigenvalue weighted by Crippen LogP contribution is -2.16. The molecule has 2 N–H and O–H groups in total. The van der Waals surface area contributed by atoms with Gasteiger partial charge in [0.1, 0.15) is 11.9 Å². The van der Waals surface area contributed by atoms with Crippen molar-refractivity contribution in [3.05, 3.63) is 53.7 Å². The number of aryl methyl sites for hydroxylation is 1. The summed E-state index contributed by atoms with van der Waals surface area (Å²) in [6.07, 6.45) is 2.97. The molecule has 0 saturated carbocycles. The van der Waals surface area contributed by atoms with E-state index in [2.05, 4.69) is 58.8 Å². The van der Waals surface area contributed by atoms with E-state index in [1.165, 1.54) is 5.56 Å². The van der Waals surface area contributed by atoms with Crippen molar-refractivity contribution in [1.82, 2.24) is 10.2 Å². The molecule has 3 aromatic rings. The summed E-state index contributed by atoms with van der Waals surface area (Å²) in [5.74, 6) is 0.926. The highest BCUT2D eigenvalue weighted by Gasteiger charge is 2.18. The van der Waals surface area contributed by atoms with Crippen LogP contribution < -0.4 is 10.1 Å². The number of nitrogens with one attached hydrogen (secondary N) is 2. The standard InChI is InChI=1S/C19H21N3O2/c1-13-5-6-16(9-18(13)24-17-7-8-23-12-17)20-10-14-3-2-4-15-11-21-22-19(14)15/h2-6,9,11,17,20H,7-8,10,12H2,1H3,(H,21,22)/t17-/m0/s1. The average molecular weight is 323 g/mol. The maximum atomic E-state index is 6.08. The van der Waals surface area contributed by atoms with E-state index in [-0.39, 0.29) is 6.10 Å². The number of aromatic nitrogens is 2. The summed E-state index contributed by atoms with van der Waals surface area (Å²) in [6, 6.07) is 12.5. The minimum absolute atomic E-state index is 0.165. The van der Waals surface area contributed by atoms with Gasteiger partial charge in [-0.2, -0.15) is 5.10 Å². The van der Waals surface area contributed by atoms with Gasteiger partial charge in [-0.1, -0.05) is 24.3 Å². The molecule has 5 nitrogen and oxygen atoms in total. The van der Waals surface area contributed by atoms with E-state index in [1.807, 2.05) is 6.20 Å². The van der Waals surface area contributed by atoms with Crippen molar-refractivity contribution < 1.29 is 9.47 Å². The molecule has 1 saturated heterocycles. The lowest BCUT2D eigenvalue weighted by Gasteiger charge is -2.16. The molecule has 124 valence electrons. The van der Waals surface area contributed by atoms with Gasteiger partial charge in [0.25, 0.3) is 0 Å². The molecule has 0 aliphatic carbocycles. The van der Waals surface area contributed by atoms with Gasteiger partial charge in [0.05, 0.1) is 24.9 Å². The number of rotatable bonds is 5. The Labute approximate surface area is 141 Å². The van der Waals surface area contributed by atoms with Crippen LogP contribution in [0.4, 0.5) is 5.69 Å². The Kier molecular flexibility index (Phi) is 4.09. The average Bonchev–Trinajstić information content (AvgIpc) is 3.27. The Hall–Kier alpha value is -2.53. The van der Waals surface area contributed by atoms with Crippen LogP contribution in [0.1, 0.15) is 17.5 Å². The lowest BCUT2D eigenvalue weighted by atomic mass is 10.1. The number of benzene rings is 2. The summed E-state index contributed by atoms with van der Waals surface area (Å²) in [4.78, 5) is 0. The van der Waals surface area contributed by atoms with E-state index < -0.39 is 0 Å². The van der Waals surface area contributed by atoms with Gasteiger partial charge in [0.15, 0.2) is 0 Å². The number of fused-ring (bicyclic) bond motifs is 1. The van der Waals surface area contributed by atoms with Crippen LogP contribution in [-0.4, -0.2) is 29.5 Å². The summed E-state index contributed by atoms with van der Waals surface area (Å²) in [7, 11) is 0. The molecular weight excluding hydrogens is 302 g/mol. The monoisotopic (exact) mass is 323 g/mol. The van der Waals surface area contributed by atoms with E-state index in [9.17, 15) is 0 Å². The first-order valence-electron chi connectivity index (χ1n) is 8.29. The second-order valence-corrected chi connectivity index (χ2v) is 6.19. The number of anilines is 1. The molecule has 0 amide bonds. The normalized spacial score (nSPS) is 17.3. The molecule has 1 atom stereocenters. The van der Waals surface area contributed by atoms with Crippen molar-refractivity contribution in [2.45, 2.75) is 26.0 Å². The summed E-state index contributed by atoms with van der Waals surface area (Å²) in [5, 5.41) is 11.8. The molecule has 24 heavy (non-hydrogen) atoms. The van der Waals surface area contributed by atoms with Crippen molar-refractivity contribution in [2.75, 3.05) is 18.5 Å². The fraction of sp³-hybridized carbons (Fsp3) is 0.316. The molecule has 1 aliphatic heterocycles. The highest BCUT2D eigenvalue weighted by Crippen LogP contribution is 2.26. The van der Waals surface area contributed by atoms with E-state index in [1.54, 1.807) is 0 Å². The molecule has 1 aliphatic rings. The third-order valence-electron chi connectivity index (χ3n) is 4.42. The molecule has 0 spiro atoms. The summed E-state index contributed by atoms with van der Waals surface area (Å²) in [5.41, 5.74) is 4.46. The van der Waals surface area contributed by atoms with Crippen LogP contribution in [0, 0.1) is 6.92 Å². The van der Waals surface area contributed by atoms with Crippen LogP contribution >= 0.6 is 0 Å². The lowest BCUT2D eigenvalue weighted by molar-refractivity contribution is 0.141. The maximum absolute atomic E-state index is 6.08. The number of H-pyrrole nitrogens is 1. The Morgan fingerprint density at radius 3 is 3.17 bits per heavy atom. The van der Waals surface area contributed by atoms with Crippen molar-refractivity contribution in [1.29, 1.82) is 0 Å². The maximum Gasteiger partial charge on any atom is 0.124 e. The molecule has 2 heterocycles. The molecular formula is C19H21N3O2. The van der Waals surface area contributed by atoms with Crippen LogP contribution in [0.2, 0.25) is 0 Å². The predicted molar refractivity (Wildman–Crippen MR) is 94.5 cm³/mol. The number of aromatic amines is 1. The zero-order chi connectivity index (χ0) is 16.4. The van der Waals surface area contributed by atoms with Gasteiger partial charge in [0.2, 0.25) is 0 Å². The van der Waals surface area contributed by atoms with Gasteiger partial charge in [0, 0.05) is 30.1 Å². The first kappa shape index (κ1) is 15.0. The molecule has 4 rings (SSSR count). The smallest absolute Gasteiger partial charge is 0.124 e. The van der Waals surface area contributed by atoms with Crippen LogP contribution in [0.3, 0.4) is 0 Å². The number of hydrogen-bond donors (Lipinski definition) is 2. The Morgan fingerprint density at radius 1 is 1.33 bits per heavy atom. The highest BCUT2D eigenvalue weighted by atomic mass is 16.5. The van der Waals surface area contributed by atoms with Crippen molar-refractivity contribution >= 4 is 16.6 Å². The zero-order valence-electron chi connectivity index (χ0n) is 13.7. The molecule has 5 heteroatoms. The van der Waals surface area contributed by atoms with E-state index in [0.29, 0.717) is 6.61 Å². The summed E-state index contributed by atoms with van der Waals surface area (Å²) < 4.78 is 11.5. The highest BCUT2D eigenvalue weighted by molar-refractivity contribution is 5.81. The Morgan fingerprint density at radius 2 is 2.29 bits per heavy atom. The van der Waals surface area contributed by atoms with E-state index >= 15 is 0 Å². The summed E-state index contributed by atoms with van der Waals surface area (Å²) >= 11 is 0. The van der Waals surface area contributed by atoms with Crippen molar-refractivity contribution in [2.24, 2.45) is 0 Å². The molecule has 0 unspecified atom stereocenters. The fourth-order valence-electron chi connectivity index (χ4n) is 3.00. The van der Waals surface area contributed by atoms with Gasteiger partial charge < -0.3 is 14.8 Å². The zero-order valence-corrected chi connectivity index (χ0v) is 13.7. The molecule has 0 radical (unpaired) electrons. The Balaban J connectivity index is 1.49. The SMILES string of the molecule is Cc1ccc(NCc2cccc3cn[nH]c23)cc1O[C@H]1CCOC1. The molecule has 1 aromatic heterocycles. The topological polar surface area (TPSA) is 59.2 Å². The van der Waals surface area contributed by atoms with E-state index in [4.69, 9.17) is 9.47 Å². The molecule has 0 bridgehead atoms. The second-order valence-electron chi connectivity index (χ2n) is 6.19. The third kappa shape index (κ3) is 3.08. The van der Waals surface area contributed by atoms with Gasteiger partial charge in [-0.25, -0.2) is 0 Å². The van der Waals surface area contributed by atoms with Crippen molar-refractivity contribution in [3.8, 4) is 5.75 Å².